The molecule has 180 valence electrons. The second kappa shape index (κ2) is 10.4. The fraction of sp³-hybridized carbons (Fsp3) is 0.208. The highest BCUT2D eigenvalue weighted by Crippen LogP contribution is 2.33. The van der Waals surface area contributed by atoms with E-state index in [2.05, 4.69) is 5.32 Å². The van der Waals surface area contributed by atoms with Crippen molar-refractivity contribution in [3.05, 3.63) is 95.3 Å². The second-order valence-electron chi connectivity index (χ2n) is 7.63. The Hall–Kier alpha value is -3.24. The number of hydrogen-bond acceptors (Lipinski definition) is 3. The summed E-state index contributed by atoms with van der Waals surface area (Å²) < 4.78 is 79.9. The van der Waals surface area contributed by atoms with Crippen molar-refractivity contribution < 1.29 is 30.8 Å². The van der Waals surface area contributed by atoms with Crippen molar-refractivity contribution in [1.82, 2.24) is 4.31 Å². The molecule has 0 saturated heterocycles. The number of hydrogen-bond donors (Lipinski definition) is 1. The standard InChI is InChI=1S/C24H22F4N2O3S/c1-17-7-10-20(11-8-17)34(32,33)30(14-13-18-5-3-2-4-6-18)16-23(31)29-19-9-12-22(25)21(15-19)24(26,27)28/h2-12,15H,13-14,16H2,1H3,(H,29,31). The molecule has 10 heteroatoms. The van der Waals surface area contributed by atoms with Crippen molar-refractivity contribution in [2.24, 2.45) is 0 Å². The molecule has 0 saturated carbocycles. The van der Waals surface area contributed by atoms with Crippen molar-refractivity contribution in [3.8, 4) is 0 Å². The lowest BCUT2D eigenvalue weighted by Gasteiger charge is -2.22. The van der Waals surface area contributed by atoms with Gasteiger partial charge in [-0.2, -0.15) is 17.5 Å². The van der Waals surface area contributed by atoms with Gasteiger partial charge in [0, 0.05) is 12.2 Å². The van der Waals surface area contributed by atoms with Gasteiger partial charge in [-0.1, -0.05) is 48.0 Å². The third-order valence-electron chi connectivity index (χ3n) is 5.03. The van der Waals surface area contributed by atoms with Gasteiger partial charge >= 0.3 is 6.18 Å². The number of carbonyl (C=O) groups excluding carboxylic acids is 1. The van der Waals surface area contributed by atoms with Crippen LogP contribution in [0.5, 0.6) is 0 Å². The van der Waals surface area contributed by atoms with Crippen LogP contribution in [0.25, 0.3) is 0 Å². The molecule has 1 amide bonds. The van der Waals surface area contributed by atoms with Gasteiger partial charge < -0.3 is 5.32 Å². The first kappa shape index (κ1) is 25.4. The Labute approximate surface area is 195 Å². The molecule has 0 heterocycles. The summed E-state index contributed by atoms with van der Waals surface area (Å²) >= 11 is 0. The molecular formula is C24H22F4N2O3S. The quantitative estimate of drug-likeness (QED) is 0.447. The zero-order valence-corrected chi connectivity index (χ0v) is 19.0. The molecule has 0 atom stereocenters. The highest BCUT2D eigenvalue weighted by Gasteiger charge is 2.34. The molecule has 0 bridgehead atoms. The van der Waals surface area contributed by atoms with Gasteiger partial charge in [0.25, 0.3) is 0 Å². The number of rotatable bonds is 8. The van der Waals surface area contributed by atoms with Gasteiger partial charge in [-0.05, 0) is 49.2 Å². The number of carbonyl (C=O) groups is 1. The maximum absolute atomic E-state index is 13.5. The van der Waals surface area contributed by atoms with E-state index in [9.17, 15) is 30.8 Å². The molecular weight excluding hydrogens is 472 g/mol. The maximum Gasteiger partial charge on any atom is 0.419 e. The lowest BCUT2D eigenvalue weighted by molar-refractivity contribution is -0.140. The Bertz CT molecular complexity index is 1250. The normalized spacial score (nSPS) is 12.1. The van der Waals surface area contributed by atoms with Crippen molar-refractivity contribution >= 4 is 21.6 Å². The van der Waals surface area contributed by atoms with Gasteiger partial charge in [0.15, 0.2) is 0 Å². The molecule has 1 N–H and O–H groups in total. The Morgan fingerprint density at radius 3 is 2.24 bits per heavy atom. The van der Waals surface area contributed by atoms with E-state index in [1.165, 1.54) is 12.1 Å². The fourth-order valence-corrected chi connectivity index (χ4v) is 4.62. The molecule has 0 radical (unpaired) electrons. The van der Waals surface area contributed by atoms with Crippen LogP contribution in [-0.4, -0.2) is 31.7 Å². The van der Waals surface area contributed by atoms with E-state index in [0.717, 1.165) is 21.5 Å². The van der Waals surface area contributed by atoms with Crippen LogP contribution in [0.1, 0.15) is 16.7 Å². The second-order valence-corrected chi connectivity index (χ2v) is 9.57. The van der Waals surface area contributed by atoms with Crippen LogP contribution in [0, 0.1) is 12.7 Å². The number of aryl methyl sites for hydroxylation is 1. The summed E-state index contributed by atoms with van der Waals surface area (Å²) in [7, 11) is -4.08. The lowest BCUT2D eigenvalue weighted by Crippen LogP contribution is -2.39. The Morgan fingerprint density at radius 2 is 1.62 bits per heavy atom. The predicted molar refractivity (Wildman–Crippen MR) is 120 cm³/mol. The Morgan fingerprint density at radius 1 is 0.971 bits per heavy atom. The largest absolute Gasteiger partial charge is 0.419 e. The molecule has 0 fully saturated rings. The molecule has 0 aliphatic heterocycles. The summed E-state index contributed by atoms with van der Waals surface area (Å²) in [5.74, 6) is -2.33. The molecule has 3 aromatic carbocycles. The molecule has 34 heavy (non-hydrogen) atoms. The molecule has 0 aromatic heterocycles. The zero-order chi connectivity index (χ0) is 24.9. The Kier molecular flexibility index (Phi) is 7.73. The first-order valence-corrected chi connectivity index (χ1v) is 11.7. The monoisotopic (exact) mass is 494 g/mol. The highest BCUT2D eigenvalue weighted by atomic mass is 32.2. The van der Waals surface area contributed by atoms with Crippen molar-refractivity contribution in [1.29, 1.82) is 0 Å². The first-order chi connectivity index (χ1) is 16.0. The SMILES string of the molecule is Cc1ccc(S(=O)(=O)N(CCc2ccccc2)CC(=O)Nc2ccc(F)c(C(F)(F)F)c2)cc1. The van der Waals surface area contributed by atoms with Gasteiger partial charge in [0.2, 0.25) is 15.9 Å². The molecule has 0 spiro atoms. The third kappa shape index (κ3) is 6.42. The van der Waals surface area contributed by atoms with Gasteiger partial charge in [-0.25, -0.2) is 12.8 Å². The first-order valence-electron chi connectivity index (χ1n) is 10.2. The molecule has 0 aliphatic rings. The van der Waals surface area contributed by atoms with Crippen LogP contribution < -0.4 is 5.32 Å². The number of sulfonamides is 1. The van der Waals surface area contributed by atoms with E-state index in [1.807, 2.05) is 18.2 Å². The van der Waals surface area contributed by atoms with Crippen LogP contribution in [-0.2, 0) is 27.4 Å². The van der Waals surface area contributed by atoms with E-state index in [0.29, 0.717) is 18.6 Å². The van der Waals surface area contributed by atoms with Crippen molar-refractivity contribution in [2.75, 3.05) is 18.4 Å². The number of nitrogens with one attached hydrogen (secondary N) is 1. The molecule has 0 aliphatic carbocycles. The summed E-state index contributed by atoms with van der Waals surface area (Å²) in [5.41, 5.74) is -0.127. The summed E-state index contributed by atoms with van der Waals surface area (Å²) in [5, 5.41) is 2.23. The van der Waals surface area contributed by atoms with Crippen LogP contribution >= 0.6 is 0 Å². The van der Waals surface area contributed by atoms with E-state index in [-0.39, 0.29) is 17.1 Å². The average molecular weight is 495 g/mol. The number of anilines is 1. The van der Waals surface area contributed by atoms with Crippen LogP contribution in [0.2, 0.25) is 0 Å². The Balaban J connectivity index is 1.83. The fourth-order valence-electron chi connectivity index (χ4n) is 3.22. The third-order valence-corrected chi connectivity index (χ3v) is 6.89. The van der Waals surface area contributed by atoms with E-state index >= 15 is 0 Å². The van der Waals surface area contributed by atoms with Crippen LogP contribution in [0.15, 0.2) is 77.7 Å². The molecule has 5 nitrogen and oxygen atoms in total. The smallest absolute Gasteiger partial charge is 0.325 e. The number of benzene rings is 3. The van der Waals surface area contributed by atoms with E-state index in [1.54, 1.807) is 31.2 Å². The van der Waals surface area contributed by atoms with Crippen LogP contribution in [0.3, 0.4) is 0 Å². The summed E-state index contributed by atoms with van der Waals surface area (Å²) in [6.07, 6.45) is -4.63. The topological polar surface area (TPSA) is 66.5 Å². The minimum absolute atomic E-state index is 0.0138. The number of nitrogens with zero attached hydrogens (tertiary/aromatic N) is 1. The van der Waals surface area contributed by atoms with E-state index < -0.39 is 40.0 Å². The number of amides is 1. The molecule has 3 aromatic rings. The van der Waals surface area contributed by atoms with Gasteiger partial charge in [-0.3, -0.25) is 4.79 Å². The number of halogens is 4. The number of alkyl halides is 3. The summed E-state index contributed by atoms with van der Waals surface area (Å²) in [6.45, 7) is 1.13. The molecule has 0 unspecified atom stereocenters. The highest BCUT2D eigenvalue weighted by molar-refractivity contribution is 7.89. The summed E-state index contributed by atoms with van der Waals surface area (Å²) in [6, 6.07) is 17.2. The van der Waals surface area contributed by atoms with Gasteiger partial charge in [0.05, 0.1) is 17.0 Å². The van der Waals surface area contributed by atoms with Crippen molar-refractivity contribution in [2.45, 2.75) is 24.4 Å². The summed E-state index contributed by atoms with van der Waals surface area (Å²) in [4.78, 5) is 12.6. The van der Waals surface area contributed by atoms with E-state index in [4.69, 9.17) is 0 Å². The maximum atomic E-state index is 13.5. The van der Waals surface area contributed by atoms with Crippen molar-refractivity contribution in [3.63, 3.8) is 0 Å². The predicted octanol–water partition coefficient (Wildman–Crippen LogP) is 5.03. The zero-order valence-electron chi connectivity index (χ0n) is 18.1. The van der Waals surface area contributed by atoms with Gasteiger partial charge in [-0.15, -0.1) is 0 Å². The lowest BCUT2D eigenvalue weighted by atomic mass is 10.1. The average Bonchev–Trinajstić information content (AvgIpc) is 2.78. The molecule has 3 rings (SSSR count). The van der Waals surface area contributed by atoms with Gasteiger partial charge in [0.1, 0.15) is 5.82 Å². The minimum Gasteiger partial charge on any atom is -0.325 e. The van der Waals surface area contributed by atoms with Crippen LogP contribution in [0.4, 0.5) is 23.2 Å². The minimum atomic E-state index is -4.94.